The summed E-state index contributed by atoms with van der Waals surface area (Å²) in [7, 11) is -9.41. The van der Waals surface area contributed by atoms with E-state index >= 15 is 0 Å². The van der Waals surface area contributed by atoms with Gasteiger partial charge in [0.1, 0.15) is 4.90 Å². The number of nitrogens with one attached hydrogen (secondary N) is 1. The van der Waals surface area contributed by atoms with E-state index in [-0.39, 0.29) is 70.4 Å². The summed E-state index contributed by atoms with van der Waals surface area (Å²) in [6.07, 6.45) is 4.45. The fourth-order valence-corrected chi connectivity index (χ4v) is 4.27. The second-order valence-corrected chi connectivity index (χ2v) is 9.08. The molecular weight excluding hydrogens is 442 g/mol. The average molecular weight is 464 g/mol. The molecule has 13 heteroatoms. The van der Waals surface area contributed by atoms with Crippen molar-refractivity contribution in [3.05, 3.63) is 39.8 Å². The van der Waals surface area contributed by atoms with Crippen molar-refractivity contribution in [1.29, 1.82) is 0 Å². The van der Waals surface area contributed by atoms with Crippen molar-refractivity contribution in [2.75, 3.05) is 0 Å². The third kappa shape index (κ3) is 7.60. The average Bonchev–Trinajstić information content (AvgIpc) is 2.90. The number of aryl methyl sites for hydroxylation is 2. The maximum Gasteiger partial charge on any atom is 1.00 e. The van der Waals surface area contributed by atoms with Gasteiger partial charge in [0, 0.05) is 11.8 Å². The van der Waals surface area contributed by atoms with E-state index in [1.807, 2.05) is 0 Å². The van der Waals surface area contributed by atoms with Crippen LogP contribution in [-0.4, -0.2) is 35.7 Å². The monoisotopic (exact) mass is 464 g/mol. The Morgan fingerprint density at radius 1 is 0.931 bits per heavy atom. The Hall–Kier alpha value is 0.0500. The van der Waals surface area contributed by atoms with E-state index in [4.69, 9.17) is 0 Å². The van der Waals surface area contributed by atoms with Gasteiger partial charge in [0.15, 0.2) is 0 Å². The number of nitrogens with zero attached hydrogens (tertiary/aromatic N) is 1. The van der Waals surface area contributed by atoms with Crippen LogP contribution in [0.5, 0.6) is 0 Å². The third-order valence-electron chi connectivity index (χ3n) is 4.13. The van der Waals surface area contributed by atoms with Gasteiger partial charge < -0.3 is 0 Å². The van der Waals surface area contributed by atoms with Crippen LogP contribution in [0.3, 0.4) is 0 Å². The van der Waals surface area contributed by atoms with E-state index < -0.39 is 35.6 Å². The first-order valence-corrected chi connectivity index (χ1v) is 11.2. The van der Waals surface area contributed by atoms with E-state index in [1.54, 1.807) is 0 Å². The van der Waals surface area contributed by atoms with Crippen LogP contribution in [0.25, 0.3) is 5.69 Å². The summed E-state index contributed by atoms with van der Waals surface area (Å²) < 4.78 is 66.2. The summed E-state index contributed by atoms with van der Waals surface area (Å²) >= 11 is 0. The molecule has 9 nitrogen and oxygen atoms in total. The second kappa shape index (κ2) is 11.6. The Bertz CT molecular complexity index is 1110. The molecule has 0 radical (unpaired) electrons. The van der Waals surface area contributed by atoms with Crippen molar-refractivity contribution in [3.63, 3.8) is 0 Å². The molecular formula is C16H22N2Na2O7S2+2. The summed E-state index contributed by atoms with van der Waals surface area (Å²) in [5, 5.41) is 2.74. The van der Waals surface area contributed by atoms with Gasteiger partial charge in [0.2, 0.25) is 0 Å². The molecule has 3 N–H and O–H groups in total. The zero-order valence-corrected chi connectivity index (χ0v) is 22.6. The quantitative estimate of drug-likeness (QED) is 0.206. The minimum absolute atomic E-state index is 0. The van der Waals surface area contributed by atoms with Gasteiger partial charge in [-0.05, 0) is 37.5 Å². The first-order chi connectivity index (χ1) is 12.4. The number of aromatic nitrogens is 2. The minimum atomic E-state index is -4.75. The summed E-state index contributed by atoms with van der Waals surface area (Å²) in [4.78, 5) is 11.1. The Morgan fingerprint density at radius 3 is 2.03 bits per heavy atom. The van der Waals surface area contributed by atoms with Crippen LogP contribution in [0.4, 0.5) is 0 Å². The first kappa shape index (κ1) is 29.1. The number of H-pyrrole nitrogens is 1. The predicted molar refractivity (Wildman–Crippen MR) is 98.6 cm³/mol. The molecule has 0 amide bonds. The minimum Gasteiger partial charge on any atom is -0.295 e. The molecule has 150 valence electrons. The molecule has 0 aliphatic heterocycles. The Kier molecular flexibility index (Phi) is 11.6. The van der Waals surface area contributed by atoms with Crippen LogP contribution in [0.1, 0.15) is 43.9 Å². The molecule has 2 aromatic rings. The SMILES string of the molecule is CCCCCCc1cc(=O)n(-c2cc(S(=O)(=O)O)c(C)cc2S(=O)(=O)O)[nH]1.[Na+].[Na+]. The van der Waals surface area contributed by atoms with Gasteiger partial charge in [-0.3, -0.25) is 19.0 Å². The molecule has 1 aromatic carbocycles. The van der Waals surface area contributed by atoms with Crippen LogP contribution in [0.15, 0.2) is 32.8 Å². The normalized spacial score (nSPS) is 11.6. The van der Waals surface area contributed by atoms with Crippen LogP contribution in [-0.2, 0) is 26.7 Å². The zero-order chi connectivity index (χ0) is 20.4. The van der Waals surface area contributed by atoms with Gasteiger partial charge in [0.05, 0.1) is 10.6 Å². The van der Waals surface area contributed by atoms with Gasteiger partial charge in [-0.1, -0.05) is 26.2 Å². The molecule has 0 unspecified atom stereocenters. The fraction of sp³-hybridized carbons (Fsp3) is 0.438. The molecule has 1 aromatic heterocycles. The Labute approximate surface area is 214 Å². The maximum atomic E-state index is 12.3. The molecule has 0 saturated heterocycles. The number of benzene rings is 1. The van der Waals surface area contributed by atoms with Crippen molar-refractivity contribution < 1.29 is 85.1 Å². The van der Waals surface area contributed by atoms with Gasteiger partial charge in [-0.2, -0.15) is 16.8 Å². The first-order valence-electron chi connectivity index (χ1n) is 8.36. The number of rotatable bonds is 8. The third-order valence-corrected chi connectivity index (χ3v) is 6.00. The molecule has 0 spiro atoms. The second-order valence-electron chi connectivity index (χ2n) is 6.30. The van der Waals surface area contributed by atoms with Crippen molar-refractivity contribution in [1.82, 2.24) is 9.78 Å². The maximum absolute atomic E-state index is 12.3. The predicted octanol–water partition coefficient (Wildman–Crippen LogP) is -3.90. The van der Waals surface area contributed by atoms with Crippen LogP contribution in [0, 0.1) is 6.92 Å². The summed E-state index contributed by atoms with van der Waals surface area (Å²) in [5.41, 5.74) is -0.546. The molecule has 2 rings (SSSR count). The largest absolute Gasteiger partial charge is 1.00 e. The molecule has 0 saturated carbocycles. The molecule has 0 fully saturated rings. The van der Waals surface area contributed by atoms with E-state index in [0.717, 1.165) is 42.5 Å². The van der Waals surface area contributed by atoms with Gasteiger partial charge in [0.25, 0.3) is 25.8 Å². The van der Waals surface area contributed by atoms with Gasteiger partial charge >= 0.3 is 59.1 Å². The van der Waals surface area contributed by atoms with E-state index in [1.165, 1.54) is 13.0 Å². The van der Waals surface area contributed by atoms with Crippen molar-refractivity contribution >= 4 is 20.2 Å². The standard InChI is InChI=1S/C16H22N2O7S2.2Na/c1-3-4-5-6-7-12-9-16(19)18(17-12)13-10-14(26(20,21)22)11(2)8-15(13)27(23,24)25;;/h8-10,17H,3-7H2,1-2H3,(H,20,21,22)(H,23,24,25);;/q;2*+1. The molecule has 0 aliphatic carbocycles. The summed E-state index contributed by atoms with van der Waals surface area (Å²) in [5.74, 6) is 0. The van der Waals surface area contributed by atoms with Crippen molar-refractivity contribution in [3.8, 4) is 5.69 Å². The molecule has 0 aliphatic rings. The Morgan fingerprint density at radius 2 is 1.52 bits per heavy atom. The van der Waals surface area contributed by atoms with Gasteiger partial charge in [-0.15, -0.1) is 0 Å². The Balaban J connectivity index is 0.00000392. The smallest absolute Gasteiger partial charge is 0.295 e. The fourth-order valence-electron chi connectivity index (χ4n) is 2.80. The molecule has 0 atom stereocenters. The van der Waals surface area contributed by atoms with Crippen molar-refractivity contribution in [2.24, 2.45) is 0 Å². The van der Waals surface area contributed by atoms with Crippen LogP contribution < -0.4 is 64.7 Å². The number of hydrogen-bond donors (Lipinski definition) is 3. The number of hydrogen-bond acceptors (Lipinski definition) is 5. The van der Waals surface area contributed by atoms with E-state index in [0.29, 0.717) is 12.1 Å². The van der Waals surface area contributed by atoms with Gasteiger partial charge in [-0.25, -0.2) is 4.68 Å². The van der Waals surface area contributed by atoms with Crippen LogP contribution >= 0.6 is 0 Å². The topological polar surface area (TPSA) is 147 Å². The molecule has 0 bridgehead atoms. The summed E-state index contributed by atoms with van der Waals surface area (Å²) in [6, 6.07) is 3.02. The van der Waals surface area contributed by atoms with E-state index in [2.05, 4.69) is 12.0 Å². The van der Waals surface area contributed by atoms with Crippen LogP contribution in [0.2, 0.25) is 0 Å². The zero-order valence-electron chi connectivity index (χ0n) is 17.0. The van der Waals surface area contributed by atoms with E-state index in [9.17, 15) is 30.7 Å². The number of aromatic amines is 1. The van der Waals surface area contributed by atoms with Crippen molar-refractivity contribution in [2.45, 2.75) is 55.7 Å². The molecule has 29 heavy (non-hydrogen) atoms. The number of unbranched alkanes of at least 4 members (excludes halogenated alkanes) is 3. The summed E-state index contributed by atoms with van der Waals surface area (Å²) in [6.45, 7) is 3.33. The molecule has 1 heterocycles.